The summed E-state index contributed by atoms with van der Waals surface area (Å²) >= 11 is 0. The molecule has 5 heterocycles. The molecule has 1 amide bonds. The molecule has 1 aliphatic rings. The molecule has 0 radical (unpaired) electrons. The lowest BCUT2D eigenvalue weighted by atomic mass is 10.1. The lowest BCUT2D eigenvalue weighted by Gasteiger charge is -2.39. The fourth-order valence-corrected chi connectivity index (χ4v) is 4.64. The number of aromatic nitrogens is 6. The third-order valence-corrected chi connectivity index (χ3v) is 6.62. The molecule has 38 heavy (non-hydrogen) atoms. The highest BCUT2D eigenvalue weighted by Gasteiger charge is 2.27. The van der Waals surface area contributed by atoms with E-state index in [1.165, 1.54) is 17.6 Å². The van der Waals surface area contributed by atoms with Crippen LogP contribution < -0.4 is 15.0 Å². The quantitative estimate of drug-likeness (QED) is 0.355. The van der Waals surface area contributed by atoms with Gasteiger partial charge in [0.2, 0.25) is 0 Å². The van der Waals surface area contributed by atoms with Gasteiger partial charge in [-0.05, 0) is 49.7 Å². The molecular weight excluding hydrogens is 486 g/mol. The number of rotatable bonds is 5. The van der Waals surface area contributed by atoms with Crippen LogP contribution in [0.15, 0.2) is 61.4 Å². The van der Waals surface area contributed by atoms with Crippen LogP contribution in [0, 0.1) is 6.92 Å². The first-order chi connectivity index (χ1) is 18.4. The first-order valence-corrected chi connectivity index (χ1v) is 12.1. The minimum absolute atomic E-state index is 0.00787. The van der Waals surface area contributed by atoms with Crippen LogP contribution in [0.3, 0.4) is 0 Å². The van der Waals surface area contributed by atoms with Crippen molar-refractivity contribution in [1.29, 1.82) is 0 Å². The van der Waals surface area contributed by atoms with Crippen molar-refractivity contribution in [3.05, 3.63) is 67.0 Å². The molecular formula is C26H25N9O3. The van der Waals surface area contributed by atoms with E-state index in [9.17, 15) is 9.90 Å². The predicted molar refractivity (Wildman–Crippen MR) is 141 cm³/mol. The summed E-state index contributed by atoms with van der Waals surface area (Å²) < 4.78 is 7.77. The van der Waals surface area contributed by atoms with E-state index < -0.39 is 6.09 Å². The van der Waals surface area contributed by atoms with Gasteiger partial charge in [-0.2, -0.15) is 5.10 Å². The number of ether oxygens (including phenoxy) is 1. The fourth-order valence-electron chi connectivity index (χ4n) is 4.64. The lowest BCUT2D eigenvalue weighted by molar-refractivity contribution is 0.136. The second kappa shape index (κ2) is 9.47. The number of carbonyl (C=O) groups is 1. The zero-order valence-electron chi connectivity index (χ0n) is 20.8. The van der Waals surface area contributed by atoms with E-state index in [-0.39, 0.29) is 6.04 Å². The van der Waals surface area contributed by atoms with Crippen LogP contribution >= 0.6 is 0 Å². The van der Waals surface area contributed by atoms with Crippen LogP contribution in [-0.4, -0.2) is 71.3 Å². The second-order valence-electron chi connectivity index (χ2n) is 9.19. The van der Waals surface area contributed by atoms with Gasteiger partial charge in [-0.25, -0.2) is 29.2 Å². The molecule has 0 aliphatic carbocycles. The number of hydrogen-bond donors (Lipinski definition) is 2. The van der Waals surface area contributed by atoms with Gasteiger partial charge in [-0.3, -0.25) is 0 Å². The molecule has 1 aliphatic heterocycles. The van der Waals surface area contributed by atoms with Crippen LogP contribution in [0.4, 0.5) is 22.1 Å². The number of aryl methyl sites for hydroxylation is 1. The number of nitrogens with one attached hydrogen (secondary N) is 1. The molecule has 12 nitrogen and oxygen atoms in total. The summed E-state index contributed by atoms with van der Waals surface area (Å²) in [5, 5.41) is 17.7. The van der Waals surface area contributed by atoms with Crippen molar-refractivity contribution in [3.8, 4) is 11.5 Å². The van der Waals surface area contributed by atoms with E-state index in [2.05, 4.69) is 35.3 Å². The Hall–Kier alpha value is -5.00. The molecule has 0 spiro atoms. The molecule has 1 saturated heterocycles. The molecule has 1 fully saturated rings. The van der Waals surface area contributed by atoms with Gasteiger partial charge >= 0.3 is 6.09 Å². The maximum atomic E-state index is 11.4. The van der Waals surface area contributed by atoms with E-state index in [4.69, 9.17) is 4.74 Å². The number of amides is 1. The Morgan fingerprint density at radius 2 is 1.97 bits per heavy atom. The summed E-state index contributed by atoms with van der Waals surface area (Å²) in [7, 11) is 0. The van der Waals surface area contributed by atoms with Crippen LogP contribution in [0.1, 0.15) is 12.5 Å². The SMILES string of the molecule is Cc1cc(Nc2ncnc3cnc(N4CCN(C(=O)O)CC4C)cc23)ccc1Oc1ccn2ncnc2c1. The minimum atomic E-state index is -0.897. The molecule has 1 atom stereocenters. The third kappa shape index (κ3) is 4.47. The second-order valence-corrected chi connectivity index (χ2v) is 9.19. The maximum absolute atomic E-state index is 11.4. The molecule has 192 valence electrons. The highest BCUT2D eigenvalue weighted by molar-refractivity contribution is 5.92. The number of nitrogens with zero attached hydrogens (tertiary/aromatic N) is 8. The predicted octanol–water partition coefficient (Wildman–Crippen LogP) is 4.10. The molecule has 6 rings (SSSR count). The van der Waals surface area contributed by atoms with Gasteiger partial charge in [0.25, 0.3) is 0 Å². The standard InChI is InChI=1S/C26H25N9O3/c1-16-9-18(3-4-22(16)38-19-5-6-35-24(10-19)29-15-31-35)32-25-20-11-23(27-12-21(20)28-14-30-25)34-8-7-33(26(36)37)13-17(34)2/h3-6,9-12,14-15,17H,7-8,13H2,1-2H3,(H,36,37)(H,28,30,32). The summed E-state index contributed by atoms with van der Waals surface area (Å²) in [5.74, 6) is 2.82. The Morgan fingerprint density at radius 3 is 2.79 bits per heavy atom. The van der Waals surface area contributed by atoms with E-state index in [1.807, 2.05) is 50.2 Å². The van der Waals surface area contributed by atoms with Gasteiger partial charge in [0, 0.05) is 49.0 Å². The largest absolute Gasteiger partial charge is 0.465 e. The number of carboxylic acid groups (broad SMARTS) is 1. The Kier molecular flexibility index (Phi) is 5.83. The average molecular weight is 512 g/mol. The number of piperazine rings is 1. The van der Waals surface area contributed by atoms with E-state index in [0.29, 0.717) is 42.4 Å². The van der Waals surface area contributed by atoms with Gasteiger partial charge in [-0.15, -0.1) is 0 Å². The molecule has 5 aromatic rings. The van der Waals surface area contributed by atoms with Crippen molar-refractivity contribution < 1.29 is 14.6 Å². The summed E-state index contributed by atoms with van der Waals surface area (Å²) in [6.45, 7) is 5.39. The molecule has 2 N–H and O–H groups in total. The molecule has 1 aromatic carbocycles. The van der Waals surface area contributed by atoms with Gasteiger partial charge in [-0.1, -0.05) is 0 Å². The molecule has 1 unspecified atom stereocenters. The number of fused-ring (bicyclic) bond motifs is 2. The summed E-state index contributed by atoms with van der Waals surface area (Å²) in [6.07, 6.45) is 5.64. The molecule has 0 bridgehead atoms. The number of hydrogen-bond acceptors (Lipinski definition) is 9. The van der Waals surface area contributed by atoms with Gasteiger partial charge < -0.3 is 25.0 Å². The van der Waals surface area contributed by atoms with Crippen LogP contribution in [-0.2, 0) is 0 Å². The monoisotopic (exact) mass is 511 g/mol. The van der Waals surface area contributed by atoms with Crippen molar-refractivity contribution in [1.82, 2.24) is 34.4 Å². The third-order valence-electron chi connectivity index (χ3n) is 6.62. The first-order valence-electron chi connectivity index (χ1n) is 12.1. The topological polar surface area (TPSA) is 134 Å². The summed E-state index contributed by atoms with van der Waals surface area (Å²) in [5.41, 5.74) is 3.22. The molecule has 4 aromatic heterocycles. The van der Waals surface area contributed by atoms with Crippen LogP contribution in [0.5, 0.6) is 11.5 Å². The van der Waals surface area contributed by atoms with Gasteiger partial charge in [0.05, 0.1) is 11.7 Å². The average Bonchev–Trinajstić information content (AvgIpc) is 3.38. The Balaban J connectivity index is 1.23. The zero-order chi connectivity index (χ0) is 26.2. The molecule has 0 saturated carbocycles. The first kappa shape index (κ1) is 23.4. The number of pyridine rings is 2. The van der Waals surface area contributed by atoms with Crippen molar-refractivity contribution in [2.45, 2.75) is 19.9 Å². The van der Waals surface area contributed by atoms with Gasteiger partial charge in [0.1, 0.15) is 35.8 Å². The fraction of sp³-hybridized carbons (Fsp3) is 0.231. The van der Waals surface area contributed by atoms with Gasteiger partial charge in [0.15, 0.2) is 5.65 Å². The highest BCUT2D eigenvalue weighted by atomic mass is 16.5. The summed E-state index contributed by atoms with van der Waals surface area (Å²) in [6, 6.07) is 11.5. The van der Waals surface area contributed by atoms with Crippen molar-refractivity contribution >= 4 is 40.0 Å². The highest BCUT2D eigenvalue weighted by Crippen LogP contribution is 2.31. The Morgan fingerprint density at radius 1 is 1.08 bits per heavy atom. The minimum Gasteiger partial charge on any atom is -0.465 e. The summed E-state index contributed by atoms with van der Waals surface area (Å²) in [4.78, 5) is 32.6. The van der Waals surface area contributed by atoms with Crippen molar-refractivity contribution in [2.24, 2.45) is 0 Å². The maximum Gasteiger partial charge on any atom is 0.407 e. The molecule has 12 heteroatoms. The lowest BCUT2D eigenvalue weighted by Crippen LogP contribution is -2.53. The Bertz CT molecular complexity index is 1650. The van der Waals surface area contributed by atoms with Crippen molar-refractivity contribution in [3.63, 3.8) is 0 Å². The van der Waals surface area contributed by atoms with Crippen molar-refractivity contribution in [2.75, 3.05) is 29.9 Å². The Labute approximate surface area is 217 Å². The van der Waals surface area contributed by atoms with Crippen LogP contribution in [0.2, 0.25) is 0 Å². The number of anilines is 3. The van der Waals surface area contributed by atoms with Crippen LogP contribution in [0.25, 0.3) is 16.6 Å². The normalized spacial score (nSPS) is 15.7. The zero-order valence-corrected chi connectivity index (χ0v) is 20.8. The van der Waals surface area contributed by atoms with E-state index in [0.717, 1.165) is 28.2 Å². The smallest absolute Gasteiger partial charge is 0.407 e. The number of benzene rings is 1. The van der Waals surface area contributed by atoms with E-state index >= 15 is 0 Å². The van der Waals surface area contributed by atoms with E-state index in [1.54, 1.807) is 16.9 Å².